The molecule has 0 radical (unpaired) electrons. The number of hydrogen-bond donors (Lipinski definition) is 0. The lowest BCUT2D eigenvalue weighted by Crippen LogP contribution is -2.50. The normalized spacial score (nSPS) is 14.0. The average molecular weight is 431 g/mol. The minimum absolute atomic E-state index is 0.0804. The summed E-state index contributed by atoms with van der Waals surface area (Å²) >= 11 is 0. The van der Waals surface area contributed by atoms with E-state index in [0.29, 0.717) is 38.5 Å². The molecule has 32 heavy (non-hydrogen) atoms. The van der Waals surface area contributed by atoms with Crippen LogP contribution in [0.15, 0.2) is 71.3 Å². The molecule has 2 aromatic carbocycles. The number of nitrogens with zero attached hydrogens (tertiary/aromatic N) is 3. The van der Waals surface area contributed by atoms with Crippen molar-refractivity contribution in [2.75, 3.05) is 26.2 Å². The maximum atomic E-state index is 12.6. The molecule has 7 nitrogen and oxygen atoms in total. The van der Waals surface area contributed by atoms with Crippen molar-refractivity contribution in [3.8, 4) is 5.75 Å². The number of carbonyl (C=O) groups is 2. The maximum Gasteiger partial charge on any atom is 0.292 e. The largest absolute Gasteiger partial charge is 0.489 e. The van der Waals surface area contributed by atoms with Crippen LogP contribution in [0.3, 0.4) is 0 Å². The molecule has 164 valence electrons. The Morgan fingerprint density at radius 1 is 1.00 bits per heavy atom. The number of piperazine rings is 1. The van der Waals surface area contributed by atoms with Gasteiger partial charge in [0.15, 0.2) is 0 Å². The van der Waals surface area contributed by atoms with Gasteiger partial charge in [0, 0.05) is 38.3 Å². The zero-order chi connectivity index (χ0) is 22.3. The Hall–Kier alpha value is -3.87. The highest BCUT2D eigenvalue weighted by Gasteiger charge is 2.26. The van der Waals surface area contributed by atoms with Crippen molar-refractivity contribution in [2.24, 2.45) is 0 Å². The van der Waals surface area contributed by atoms with Gasteiger partial charge in [-0.1, -0.05) is 47.6 Å². The number of benzene rings is 2. The Labute approximate surface area is 186 Å². The fraction of sp³-hybridized carbons (Fsp3) is 0.240. The van der Waals surface area contributed by atoms with E-state index in [2.05, 4.69) is 5.16 Å². The van der Waals surface area contributed by atoms with E-state index in [1.807, 2.05) is 54.6 Å². The number of aryl methyl sites for hydroxylation is 1. The number of rotatable bonds is 6. The highest BCUT2D eigenvalue weighted by molar-refractivity contribution is 5.93. The fourth-order valence-electron chi connectivity index (χ4n) is 3.47. The minimum atomic E-state index is -0.194. The zero-order valence-corrected chi connectivity index (χ0v) is 17.9. The first-order chi connectivity index (χ1) is 15.6. The lowest BCUT2D eigenvalue weighted by atomic mass is 10.2. The molecule has 4 rings (SSSR count). The molecule has 2 heterocycles. The second kappa shape index (κ2) is 9.96. The molecular weight excluding hydrogens is 406 g/mol. The molecule has 0 saturated carbocycles. The summed E-state index contributed by atoms with van der Waals surface area (Å²) in [7, 11) is 0. The topological polar surface area (TPSA) is 75.9 Å². The Kier molecular flexibility index (Phi) is 6.65. The van der Waals surface area contributed by atoms with E-state index in [4.69, 9.17) is 9.26 Å². The van der Waals surface area contributed by atoms with Crippen LogP contribution in [0, 0.1) is 6.92 Å². The highest BCUT2D eigenvalue weighted by Crippen LogP contribution is 2.17. The van der Waals surface area contributed by atoms with Gasteiger partial charge in [0.05, 0.1) is 5.69 Å². The summed E-state index contributed by atoms with van der Waals surface area (Å²) in [5.41, 5.74) is 2.65. The molecule has 0 unspecified atom stereocenters. The van der Waals surface area contributed by atoms with Crippen LogP contribution in [-0.2, 0) is 11.4 Å². The minimum Gasteiger partial charge on any atom is -0.489 e. The lowest BCUT2D eigenvalue weighted by molar-refractivity contribution is -0.127. The number of aromatic nitrogens is 1. The van der Waals surface area contributed by atoms with Crippen LogP contribution >= 0.6 is 0 Å². The highest BCUT2D eigenvalue weighted by atomic mass is 16.5. The third-order valence-corrected chi connectivity index (χ3v) is 5.24. The Morgan fingerprint density at radius 3 is 2.47 bits per heavy atom. The van der Waals surface area contributed by atoms with Crippen LogP contribution < -0.4 is 4.74 Å². The molecule has 1 aromatic heterocycles. The van der Waals surface area contributed by atoms with Crippen molar-refractivity contribution >= 4 is 17.9 Å². The van der Waals surface area contributed by atoms with Crippen LogP contribution in [0.1, 0.15) is 27.4 Å². The van der Waals surface area contributed by atoms with Gasteiger partial charge in [0.2, 0.25) is 11.7 Å². The Bertz CT molecular complexity index is 1100. The second-order valence-electron chi connectivity index (χ2n) is 7.63. The fourth-order valence-corrected chi connectivity index (χ4v) is 3.47. The second-order valence-corrected chi connectivity index (χ2v) is 7.63. The van der Waals surface area contributed by atoms with Gasteiger partial charge in [-0.05, 0) is 36.3 Å². The van der Waals surface area contributed by atoms with E-state index < -0.39 is 0 Å². The first-order valence-electron chi connectivity index (χ1n) is 10.5. The summed E-state index contributed by atoms with van der Waals surface area (Å²) in [5, 5.41) is 3.76. The molecule has 1 fully saturated rings. The van der Waals surface area contributed by atoms with Crippen molar-refractivity contribution in [1.82, 2.24) is 15.0 Å². The number of ether oxygens (including phenoxy) is 1. The summed E-state index contributed by atoms with van der Waals surface area (Å²) in [4.78, 5) is 28.5. The zero-order valence-electron chi connectivity index (χ0n) is 17.9. The number of hydrogen-bond acceptors (Lipinski definition) is 5. The number of carbonyl (C=O) groups excluding carboxylic acids is 2. The summed E-state index contributed by atoms with van der Waals surface area (Å²) in [5.74, 6) is 0.707. The Morgan fingerprint density at radius 2 is 1.75 bits per heavy atom. The van der Waals surface area contributed by atoms with Crippen molar-refractivity contribution in [1.29, 1.82) is 0 Å². The quantitative estimate of drug-likeness (QED) is 0.558. The molecular formula is C25H25N3O4. The first-order valence-corrected chi connectivity index (χ1v) is 10.5. The van der Waals surface area contributed by atoms with Gasteiger partial charge in [-0.25, -0.2) is 0 Å². The van der Waals surface area contributed by atoms with Crippen molar-refractivity contribution in [2.45, 2.75) is 13.5 Å². The van der Waals surface area contributed by atoms with Crippen LogP contribution in [0.5, 0.6) is 5.75 Å². The van der Waals surface area contributed by atoms with E-state index in [0.717, 1.165) is 16.9 Å². The van der Waals surface area contributed by atoms with Crippen LogP contribution in [0.2, 0.25) is 0 Å². The molecule has 2 amide bonds. The summed E-state index contributed by atoms with van der Waals surface area (Å²) in [6.45, 7) is 4.13. The maximum absolute atomic E-state index is 12.6. The van der Waals surface area contributed by atoms with Crippen LogP contribution in [0.4, 0.5) is 0 Å². The van der Waals surface area contributed by atoms with Gasteiger partial charge < -0.3 is 19.1 Å². The van der Waals surface area contributed by atoms with E-state index in [9.17, 15) is 9.59 Å². The van der Waals surface area contributed by atoms with Crippen molar-refractivity contribution in [3.63, 3.8) is 0 Å². The summed E-state index contributed by atoms with van der Waals surface area (Å²) in [6, 6.07) is 19.2. The van der Waals surface area contributed by atoms with E-state index >= 15 is 0 Å². The molecule has 1 aliphatic heterocycles. The third-order valence-electron chi connectivity index (χ3n) is 5.24. The predicted molar refractivity (Wildman–Crippen MR) is 120 cm³/mol. The molecule has 0 aliphatic carbocycles. The summed E-state index contributed by atoms with van der Waals surface area (Å²) < 4.78 is 10.9. The van der Waals surface area contributed by atoms with E-state index in [-0.39, 0.29) is 17.6 Å². The molecule has 0 N–H and O–H groups in total. The molecule has 1 saturated heterocycles. The van der Waals surface area contributed by atoms with E-state index in [1.54, 1.807) is 34.9 Å². The average Bonchev–Trinajstić information content (AvgIpc) is 3.28. The van der Waals surface area contributed by atoms with Gasteiger partial charge in [-0.3, -0.25) is 9.59 Å². The smallest absolute Gasteiger partial charge is 0.292 e. The Balaban J connectivity index is 1.28. The van der Waals surface area contributed by atoms with Crippen molar-refractivity contribution in [3.05, 3.63) is 89.3 Å². The van der Waals surface area contributed by atoms with E-state index in [1.165, 1.54) is 0 Å². The molecule has 3 aromatic rings. The van der Waals surface area contributed by atoms with Gasteiger partial charge in [-0.2, -0.15) is 0 Å². The summed E-state index contributed by atoms with van der Waals surface area (Å²) in [6.07, 6.45) is 3.35. The molecule has 0 atom stereocenters. The molecule has 0 spiro atoms. The van der Waals surface area contributed by atoms with Gasteiger partial charge in [-0.15, -0.1) is 0 Å². The van der Waals surface area contributed by atoms with Gasteiger partial charge in [0.1, 0.15) is 12.4 Å². The van der Waals surface area contributed by atoms with Crippen LogP contribution in [-0.4, -0.2) is 52.9 Å². The SMILES string of the molecule is Cc1cc(C(=O)N2CCN(C(=O)/C=C/c3cccc(OCc4ccccc4)c3)CC2)on1. The third kappa shape index (κ3) is 5.43. The van der Waals surface area contributed by atoms with Gasteiger partial charge >= 0.3 is 0 Å². The monoisotopic (exact) mass is 431 g/mol. The molecule has 0 bridgehead atoms. The van der Waals surface area contributed by atoms with Gasteiger partial charge in [0.25, 0.3) is 5.91 Å². The molecule has 7 heteroatoms. The molecule has 1 aliphatic rings. The predicted octanol–water partition coefficient (Wildman–Crippen LogP) is 3.56. The standard InChI is InChI=1S/C25H25N3O4/c1-19-16-23(32-26-19)25(30)28-14-12-27(13-15-28)24(29)11-10-20-8-5-9-22(17-20)31-18-21-6-3-2-4-7-21/h2-11,16-17H,12-15,18H2,1H3/b11-10+. The number of amides is 2. The first kappa shape index (κ1) is 21.4. The van der Waals surface area contributed by atoms with Crippen LogP contribution in [0.25, 0.3) is 6.08 Å². The lowest BCUT2D eigenvalue weighted by Gasteiger charge is -2.33. The van der Waals surface area contributed by atoms with Crippen molar-refractivity contribution < 1.29 is 18.8 Å².